The molecule has 1 aromatic carbocycles. The van der Waals surface area contributed by atoms with Gasteiger partial charge in [0.15, 0.2) is 11.8 Å². The molecule has 21 heavy (non-hydrogen) atoms. The standard InChI is InChI=1S/C15H17N3O3/c1-16-15(20)18-14(19)13(11-6-3-2-4-7-11)17-10-12-8-5-9-21-12/h2-9,13,17H,10H2,1H3,(H2,16,18,19,20)/p+1/t13-/m0/s1. The van der Waals surface area contributed by atoms with Gasteiger partial charge in [0.05, 0.1) is 6.26 Å². The summed E-state index contributed by atoms with van der Waals surface area (Å²) >= 11 is 0. The van der Waals surface area contributed by atoms with Crippen molar-refractivity contribution in [2.24, 2.45) is 0 Å². The summed E-state index contributed by atoms with van der Waals surface area (Å²) < 4.78 is 5.26. The van der Waals surface area contributed by atoms with Crippen molar-refractivity contribution in [3.63, 3.8) is 0 Å². The number of nitrogens with two attached hydrogens (primary N) is 1. The number of benzene rings is 1. The van der Waals surface area contributed by atoms with Gasteiger partial charge in [-0.25, -0.2) is 4.79 Å². The third kappa shape index (κ3) is 4.19. The largest absolute Gasteiger partial charge is 0.463 e. The summed E-state index contributed by atoms with van der Waals surface area (Å²) in [7, 11) is 1.46. The van der Waals surface area contributed by atoms with E-state index in [1.54, 1.807) is 12.3 Å². The summed E-state index contributed by atoms with van der Waals surface area (Å²) in [5, 5.41) is 6.50. The second-order valence-corrected chi connectivity index (χ2v) is 4.48. The summed E-state index contributed by atoms with van der Waals surface area (Å²) in [6, 6.07) is 11.9. The first-order valence-electron chi connectivity index (χ1n) is 6.64. The number of quaternary nitrogens is 1. The number of carbonyl (C=O) groups is 2. The molecular formula is C15H18N3O3+. The van der Waals surface area contributed by atoms with E-state index in [9.17, 15) is 9.59 Å². The van der Waals surface area contributed by atoms with Crippen molar-refractivity contribution in [1.29, 1.82) is 0 Å². The van der Waals surface area contributed by atoms with Gasteiger partial charge < -0.3 is 15.1 Å². The SMILES string of the molecule is CNC(=O)NC(=O)[C@@H]([NH2+]Cc1ccco1)c1ccccc1. The monoisotopic (exact) mass is 288 g/mol. The molecule has 0 fully saturated rings. The van der Waals surface area contributed by atoms with Gasteiger partial charge in [0.2, 0.25) is 0 Å². The first-order chi connectivity index (χ1) is 10.2. The van der Waals surface area contributed by atoms with Gasteiger partial charge >= 0.3 is 6.03 Å². The molecule has 2 rings (SSSR count). The lowest BCUT2D eigenvalue weighted by Gasteiger charge is -2.14. The molecular weight excluding hydrogens is 270 g/mol. The lowest BCUT2D eigenvalue weighted by atomic mass is 10.1. The molecule has 110 valence electrons. The van der Waals surface area contributed by atoms with Crippen LogP contribution in [0.4, 0.5) is 4.79 Å². The highest BCUT2D eigenvalue weighted by Crippen LogP contribution is 2.09. The van der Waals surface area contributed by atoms with Crippen LogP contribution in [0.2, 0.25) is 0 Å². The number of hydrogen-bond donors (Lipinski definition) is 3. The number of rotatable bonds is 5. The molecule has 1 atom stereocenters. The Bertz CT molecular complexity index is 581. The van der Waals surface area contributed by atoms with Crippen LogP contribution in [0.15, 0.2) is 53.1 Å². The summed E-state index contributed by atoms with van der Waals surface area (Å²) in [4.78, 5) is 23.6. The topological polar surface area (TPSA) is 88.0 Å². The number of amides is 3. The van der Waals surface area contributed by atoms with Crippen LogP contribution < -0.4 is 16.0 Å². The molecule has 4 N–H and O–H groups in total. The minimum atomic E-state index is -0.521. The Balaban J connectivity index is 2.10. The van der Waals surface area contributed by atoms with Crippen LogP contribution in [0, 0.1) is 0 Å². The summed E-state index contributed by atoms with van der Waals surface area (Å²) in [5.74, 6) is 0.399. The normalized spacial score (nSPS) is 11.7. The summed E-state index contributed by atoms with van der Waals surface area (Å²) in [6.07, 6.45) is 1.59. The van der Waals surface area contributed by atoms with Crippen LogP contribution in [0.5, 0.6) is 0 Å². The van der Waals surface area contributed by atoms with Gasteiger partial charge in [0, 0.05) is 12.6 Å². The number of nitrogens with one attached hydrogen (secondary N) is 2. The first kappa shape index (κ1) is 14.8. The predicted octanol–water partition coefficient (Wildman–Crippen LogP) is 0.540. The van der Waals surface area contributed by atoms with Crippen LogP contribution in [-0.2, 0) is 11.3 Å². The van der Waals surface area contributed by atoms with Gasteiger partial charge in [-0.15, -0.1) is 0 Å². The van der Waals surface area contributed by atoms with Crippen molar-refractivity contribution in [3.8, 4) is 0 Å². The van der Waals surface area contributed by atoms with Crippen molar-refractivity contribution in [2.45, 2.75) is 12.6 Å². The zero-order valence-electron chi connectivity index (χ0n) is 11.7. The second kappa shape index (κ2) is 7.25. The van der Waals surface area contributed by atoms with Crippen molar-refractivity contribution < 1.29 is 19.3 Å². The van der Waals surface area contributed by atoms with Crippen molar-refractivity contribution in [2.75, 3.05) is 7.05 Å². The van der Waals surface area contributed by atoms with Crippen LogP contribution in [0.1, 0.15) is 17.4 Å². The fourth-order valence-electron chi connectivity index (χ4n) is 1.97. The molecule has 0 bridgehead atoms. The molecule has 6 nitrogen and oxygen atoms in total. The van der Waals surface area contributed by atoms with E-state index in [1.807, 2.05) is 41.7 Å². The molecule has 0 saturated carbocycles. The van der Waals surface area contributed by atoms with Crippen LogP contribution >= 0.6 is 0 Å². The van der Waals surface area contributed by atoms with Gasteiger partial charge in [-0.1, -0.05) is 30.3 Å². The maximum Gasteiger partial charge on any atom is 0.321 e. The summed E-state index contributed by atoms with van der Waals surface area (Å²) in [6.45, 7) is 0.508. The van der Waals surface area contributed by atoms with Gasteiger partial charge in [0.25, 0.3) is 5.91 Å². The van der Waals surface area contributed by atoms with Gasteiger partial charge in [0.1, 0.15) is 6.54 Å². The quantitative estimate of drug-likeness (QED) is 0.750. The molecule has 6 heteroatoms. The highest BCUT2D eigenvalue weighted by Gasteiger charge is 2.25. The number of furan rings is 1. The number of carbonyl (C=O) groups excluding carboxylic acids is 2. The van der Waals surface area contributed by atoms with E-state index in [0.717, 1.165) is 11.3 Å². The van der Waals surface area contributed by atoms with Crippen LogP contribution in [0.3, 0.4) is 0 Å². The van der Waals surface area contributed by atoms with E-state index in [0.29, 0.717) is 6.54 Å². The lowest BCUT2D eigenvalue weighted by molar-refractivity contribution is -0.699. The molecule has 2 aromatic rings. The number of hydrogen-bond acceptors (Lipinski definition) is 3. The fourth-order valence-corrected chi connectivity index (χ4v) is 1.97. The number of imide groups is 1. The Morgan fingerprint density at radius 1 is 1.19 bits per heavy atom. The molecule has 0 spiro atoms. The van der Waals surface area contributed by atoms with E-state index in [4.69, 9.17) is 4.42 Å². The van der Waals surface area contributed by atoms with Crippen LogP contribution in [-0.4, -0.2) is 19.0 Å². The van der Waals surface area contributed by atoms with E-state index < -0.39 is 12.1 Å². The third-order valence-electron chi connectivity index (χ3n) is 3.04. The Morgan fingerprint density at radius 2 is 1.95 bits per heavy atom. The Labute approximate surface area is 122 Å². The van der Waals surface area contributed by atoms with E-state index in [2.05, 4.69) is 10.6 Å². The Morgan fingerprint density at radius 3 is 2.57 bits per heavy atom. The van der Waals surface area contributed by atoms with Gasteiger partial charge in [-0.3, -0.25) is 10.1 Å². The second-order valence-electron chi connectivity index (χ2n) is 4.48. The Hall–Kier alpha value is -2.60. The molecule has 0 aliphatic rings. The Kier molecular flexibility index (Phi) is 5.11. The molecule has 1 heterocycles. The molecule has 1 aromatic heterocycles. The molecule has 0 aliphatic heterocycles. The van der Waals surface area contributed by atoms with E-state index in [-0.39, 0.29) is 5.91 Å². The molecule has 0 saturated heterocycles. The predicted molar refractivity (Wildman–Crippen MR) is 76.1 cm³/mol. The molecule has 0 radical (unpaired) electrons. The third-order valence-corrected chi connectivity index (χ3v) is 3.04. The highest BCUT2D eigenvalue weighted by atomic mass is 16.3. The highest BCUT2D eigenvalue weighted by molar-refractivity contribution is 5.96. The average Bonchev–Trinajstić information content (AvgIpc) is 3.01. The maximum absolute atomic E-state index is 12.2. The molecule has 0 aliphatic carbocycles. The minimum absolute atomic E-state index is 0.368. The lowest BCUT2D eigenvalue weighted by Crippen LogP contribution is -2.86. The van der Waals surface area contributed by atoms with E-state index in [1.165, 1.54) is 7.05 Å². The van der Waals surface area contributed by atoms with Crippen LogP contribution in [0.25, 0.3) is 0 Å². The first-order valence-corrected chi connectivity index (χ1v) is 6.64. The van der Waals surface area contributed by atoms with Crippen molar-refractivity contribution in [1.82, 2.24) is 10.6 Å². The number of urea groups is 1. The zero-order valence-corrected chi connectivity index (χ0v) is 11.7. The van der Waals surface area contributed by atoms with Gasteiger partial charge in [-0.2, -0.15) is 0 Å². The maximum atomic E-state index is 12.2. The van der Waals surface area contributed by atoms with Gasteiger partial charge in [-0.05, 0) is 12.1 Å². The molecule has 3 amide bonds. The fraction of sp³-hybridized carbons (Fsp3) is 0.200. The molecule has 0 unspecified atom stereocenters. The van der Waals surface area contributed by atoms with E-state index >= 15 is 0 Å². The average molecular weight is 288 g/mol. The summed E-state index contributed by atoms with van der Waals surface area (Å²) in [5.41, 5.74) is 0.824. The van der Waals surface area contributed by atoms with Crippen molar-refractivity contribution in [3.05, 3.63) is 60.1 Å². The minimum Gasteiger partial charge on any atom is -0.463 e. The smallest absolute Gasteiger partial charge is 0.321 e. The van der Waals surface area contributed by atoms with Crippen molar-refractivity contribution >= 4 is 11.9 Å². The zero-order chi connectivity index (χ0) is 15.1.